The number of rotatable bonds is 4. The molecule has 2 fully saturated rings. The van der Waals surface area contributed by atoms with E-state index in [2.05, 4.69) is 17.2 Å². The highest BCUT2D eigenvalue weighted by molar-refractivity contribution is 5.76. The number of nitrogens with zero attached hydrogens (tertiary/aromatic N) is 3. The van der Waals surface area contributed by atoms with E-state index in [4.69, 9.17) is 15.6 Å². The van der Waals surface area contributed by atoms with Gasteiger partial charge in [0, 0.05) is 44.1 Å². The van der Waals surface area contributed by atoms with Crippen LogP contribution in [0.1, 0.15) is 44.1 Å². The van der Waals surface area contributed by atoms with Crippen molar-refractivity contribution in [2.24, 2.45) is 10.8 Å². The molecule has 1 spiro atoms. The lowest BCUT2D eigenvalue weighted by Crippen LogP contribution is -2.60. The molecule has 3 aliphatic rings. The van der Waals surface area contributed by atoms with Gasteiger partial charge in [0.25, 0.3) is 0 Å². The predicted molar refractivity (Wildman–Crippen MR) is 121 cm³/mol. The van der Waals surface area contributed by atoms with Crippen LogP contribution in [-0.4, -0.2) is 59.8 Å². The average Bonchev–Trinajstić information content (AvgIpc) is 2.85. The van der Waals surface area contributed by atoms with Gasteiger partial charge in [-0.3, -0.25) is 10.8 Å². The van der Waals surface area contributed by atoms with Gasteiger partial charge in [-0.2, -0.15) is 0 Å². The third-order valence-electron chi connectivity index (χ3n) is 6.68. The number of hydrogen-bond donors (Lipinski definition) is 3. The molecule has 31 heavy (non-hydrogen) atoms. The van der Waals surface area contributed by atoms with Crippen molar-refractivity contribution in [1.29, 1.82) is 0 Å². The number of nitrogens with one attached hydrogen (secondary N) is 2. The first-order chi connectivity index (χ1) is 15.1. The summed E-state index contributed by atoms with van der Waals surface area (Å²) in [4.78, 5) is 19.9. The smallest absolute Gasteiger partial charge is 0.318 e. The molecule has 1 unspecified atom stereocenters. The predicted octanol–water partition coefficient (Wildman–Crippen LogP) is 2.34. The number of benzene rings is 1. The third kappa shape index (κ3) is 5.08. The van der Waals surface area contributed by atoms with Crippen LogP contribution in [0.15, 0.2) is 47.6 Å². The monoisotopic (exact) mass is 426 g/mol. The lowest BCUT2D eigenvalue weighted by Gasteiger charge is -2.49. The molecule has 1 aromatic rings. The Kier molecular flexibility index (Phi) is 6.89. The van der Waals surface area contributed by atoms with Crippen LogP contribution in [0.2, 0.25) is 0 Å². The molecule has 4 N–H and O–H groups in total. The molecule has 8 nitrogen and oxygen atoms in total. The van der Waals surface area contributed by atoms with E-state index in [9.17, 15) is 4.79 Å². The standard InChI is InChI=1S/C23H34N6O2/c1-18-17-28(22(30)26-16-19-6-3-2-4-7-19)23(10-5-11-23)12-13-25-21(27-18)29(24)20-8-14-31-15-9-20/h2-4,6-7,13,20-21,27H,1,5,8-12,14-17,24H2,(H,26,30)/b25-13-. The number of amides is 2. The molecule has 2 aliphatic heterocycles. The Bertz CT molecular complexity index is 789. The minimum Gasteiger partial charge on any atom is -0.381 e. The quantitative estimate of drug-likeness (QED) is 0.507. The second kappa shape index (κ2) is 9.80. The maximum absolute atomic E-state index is 13.2. The molecule has 1 saturated heterocycles. The van der Waals surface area contributed by atoms with Gasteiger partial charge in [0.05, 0.1) is 12.1 Å². The molecule has 8 heteroatoms. The van der Waals surface area contributed by atoms with E-state index in [1.165, 1.54) is 0 Å². The first-order valence-corrected chi connectivity index (χ1v) is 11.2. The molecule has 1 aliphatic carbocycles. The average molecular weight is 427 g/mol. The fourth-order valence-corrected chi connectivity index (χ4v) is 4.61. The topological polar surface area (TPSA) is 95.2 Å². The third-order valence-corrected chi connectivity index (χ3v) is 6.68. The first kappa shape index (κ1) is 21.8. The maximum atomic E-state index is 13.2. The SMILES string of the molecule is C=C1CN(C(=O)NCc2ccccc2)C2(C/C=N\C(N(N)C3CCOCC3)N1)CCC2. The van der Waals surface area contributed by atoms with Crippen LogP contribution in [0, 0.1) is 0 Å². The summed E-state index contributed by atoms with van der Waals surface area (Å²) in [6.45, 7) is 6.57. The van der Waals surface area contributed by atoms with E-state index < -0.39 is 0 Å². The Balaban J connectivity index is 1.45. The first-order valence-electron chi connectivity index (χ1n) is 11.2. The fourth-order valence-electron chi connectivity index (χ4n) is 4.61. The van der Waals surface area contributed by atoms with Crippen molar-refractivity contribution in [1.82, 2.24) is 20.5 Å². The van der Waals surface area contributed by atoms with E-state index in [0.29, 0.717) is 26.3 Å². The van der Waals surface area contributed by atoms with Crippen molar-refractivity contribution in [3.63, 3.8) is 0 Å². The van der Waals surface area contributed by atoms with Gasteiger partial charge in [0.15, 0.2) is 6.29 Å². The van der Waals surface area contributed by atoms with Gasteiger partial charge in [-0.05, 0) is 37.7 Å². The highest BCUT2D eigenvalue weighted by Gasteiger charge is 2.45. The van der Waals surface area contributed by atoms with Crippen LogP contribution in [0.25, 0.3) is 0 Å². The molecule has 1 atom stereocenters. The molecular weight excluding hydrogens is 392 g/mol. The molecule has 1 aromatic carbocycles. The Morgan fingerprint density at radius 2 is 2.06 bits per heavy atom. The van der Waals surface area contributed by atoms with Gasteiger partial charge in [0.1, 0.15) is 0 Å². The maximum Gasteiger partial charge on any atom is 0.318 e. The van der Waals surface area contributed by atoms with Gasteiger partial charge < -0.3 is 20.3 Å². The van der Waals surface area contributed by atoms with Crippen molar-refractivity contribution in [3.8, 4) is 0 Å². The summed E-state index contributed by atoms with van der Waals surface area (Å²) in [6, 6.07) is 10.1. The van der Waals surface area contributed by atoms with Crippen LogP contribution < -0.4 is 16.5 Å². The number of hydrogen-bond acceptors (Lipinski definition) is 6. The minimum atomic E-state index is -0.389. The lowest BCUT2D eigenvalue weighted by atomic mass is 9.73. The van der Waals surface area contributed by atoms with Crippen molar-refractivity contribution in [2.75, 3.05) is 19.8 Å². The Hall–Kier alpha value is -2.42. The normalized spacial score (nSPS) is 25.2. The van der Waals surface area contributed by atoms with Crippen LogP contribution in [0.4, 0.5) is 4.79 Å². The molecule has 2 amide bonds. The van der Waals surface area contributed by atoms with Crippen molar-refractivity contribution in [3.05, 3.63) is 48.2 Å². The van der Waals surface area contributed by atoms with E-state index in [1.54, 1.807) is 5.01 Å². The van der Waals surface area contributed by atoms with Crippen molar-refractivity contribution >= 4 is 12.2 Å². The molecule has 4 rings (SSSR count). The Morgan fingerprint density at radius 1 is 1.32 bits per heavy atom. The number of carbonyl (C=O) groups excluding carboxylic acids is 1. The molecule has 0 bridgehead atoms. The van der Waals surface area contributed by atoms with Gasteiger partial charge in [-0.25, -0.2) is 9.80 Å². The molecule has 0 aromatic heterocycles. The summed E-state index contributed by atoms with van der Waals surface area (Å²) >= 11 is 0. The summed E-state index contributed by atoms with van der Waals surface area (Å²) in [5.41, 5.74) is 1.62. The zero-order valence-corrected chi connectivity index (χ0v) is 18.1. The number of carbonyl (C=O) groups is 1. The highest BCUT2D eigenvalue weighted by Crippen LogP contribution is 2.41. The fraction of sp³-hybridized carbons (Fsp3) is 0.565. The van der Waals surface area contributed by atoms with Gasteiger partial charge in [0.2, 0.25) is 0 Å². The molecular formula is C23H34N6O2. The second-order valence-electron chi connectivity index (χ2n) is 8.76. The van der Waals surface area contributed by atoms with Crippen LogP contribution in [0.5, 0.6) is 0 Å². The van der Waals surface area contributed by atoms with Crippen molar-refractivity contribution < 1.29 is 9.53 Å². The zero-order chi connectivity index (χ0) is 21.7. The van der Waals surface area contributed by atoms with E-state index in [-0.39, 0.29) is 23.9 Å². The molecule has 1 saturated carbocycles. The summed E-state index contributed by atoms with van der Waals surface area (Å²) in [5, 5.41) is 8.22. The molecule has 2 heterocycles. The van der Waals surface area contributed by atoms with Crippen LogP contribution in [-0.2, 0) is 11.3 Å². The van der Waals surface area contributed by atoms with E-state index in [0.717, 1.165) is 49.8 Å². The largest absolute Gasteiger partial charge is 0.381 e. The summed E-state index contributed by atoms with van der Waals surface area (Å²) < 4.78 is 5.46. The zero-order valence-electron chi connectivity index (χ0n) is 18.1. The Morgan fingerprint density at radius 3 is 2.74 bits per heavy atom. The molecule has 0 radical (unpaired) electrons. The van der Waals surface area contributed by atoms with Gasteiger partial charge >= 0.3 is 6.03 Å². The van der Waals surface area contributed by atoms with E-state index in [1.807, 2.05) is 41.4 Å². The molecule has 168 valence electrons. The number of urea groups is 1. The highest BCUT2D eigenvalue weighted by atomic mass is 16.5. The summed E-state index contributed by atoms with van der Waals surface area (Å²) in [7, 11) is 0. The van der Waals surface area contributed by atoms with Crippen LogP contribution >= 0.6 is 0 Å². The summed E-state index contributed by atoms with van der Waals surface area (Å²) in [6.07, 6.45) is 7.10. The van der Waals surface area contributed by atoms with Gasteiger partial charge in [-0.1, -0.05) is 36.9 Å². The second-order valence-corrected chi connectivity index (χ2v) is 8.76. The van der Waals surface area contributed by atoms with Crippen LogP contribution in [0.3, 0.4) is 0 Å². The number of ether oxygens (including phenoxy) is 1. The Labute approximate surface area is 184 Å². The van der Waals surface area contributed by atoms with E-state index >= 15 is 0 Å². The lowest BCUT2D eigenvalue weighted by molar-refractivity contribution is 0.0124. The van der Waals surface area contributed by atoms with Gasteiger partial charge in [-0.15, -0.1) is 0 Å². The van der Waals surface area contributed by atoms with Crippen molar-refractivity contribution in [2.45, 2.75) is 62.9 Å². The minimum absolute atomic E-state index is 0.0626. The number of aliphatic imine (C=N–C) groups is 1. The summed E-state index contributed by atoms with van der Waals surface area (Å²) in [5.74, 6) is 6.45. The number of hydrazine groups is 1. The number of nitrogens with two attached hydrogens (primary N) is 1.